The number of rotatable bonds is 16. The van der Waals surface area contributed by atoms with Gasteiger partial charge in [-0.2, -0.15) is 0 Å². The van der Waals surface area contributed by atoms with E-state index in [-0.39, 0.29) is 43.4 Å². The number of aliphatic hydroxyl groups excluding tert-OH is 1. The Balaban J connectivity index is 1.86. The molecule has 1 aliphatic heterocycles. The van der Waals surface area contributed by atoms with Crippen molar-refractivity contribution in [1.82, 2.24) is 4.90 Å². The number of hydrogen-bond acceptors (Lipinski definition) is 7. The van der Waals surface area contributed by atoms with E-state index in [9.17, 15) is 15.0 Å². The second-order valence-electron chi connectivity index (χ2n) is 12.4. The first-order valence-corrected chi connectivity index (χ1v) is 16.5. The Morgan fingerprint density at radius 2 is 1.64 bits per heavy atom. The normalized spacial score (nSPS) is 21.8. The summed E-state index contributed by atoms with van der Waals surface area (Å²) in [5.41, 5.74) is 0.144. The van der Waals surface area contributed by atoms with E-state index in [4.69, 9.17) is 23.4 Å². The smallest absolute Gasteiger partial charge is 0.407 e. The van der Waals surface area contributed by atoms with Crippen LogP contribution in [0.1, 0.15) is 65.0 Å². The number of ether oxygens (including phenoxy) is 4. The van der Waals surface area contributed by atoms with Gasteiger partial charge in [0.05, 0.1) is 58.3 Å². The van der Waals surface area contributed by atoms with E-state index < -0.39 is 23.3 Å². The predicted molar refractivity (Wildman–Crippen MR) is 175 cm³/mol. The topological polar surface area (TPSA) is 107 Å². The molecule has 44 heavy (non-hydrogen) atoms. The summed E-state index contributed by atoms with van der Waals surface area (Å²) in [6, 6.07) is 15.8. The van der Waals surface area contributed by atoms with Crippen LogP contribution < -0.4 is 9.47 Å². The minimum atomic E-state index is -0.983. The minimum Gasteiger partial charge on any atom is -0.496 e. The van der Waals surface area contributed by atoms with Gasteiger partial charge in [-0.25, -0.2) is 4.79 Å². The molecule has 1 aliphatic rings. The molecule has 1 saturated heterocycles. The summed E-state index contributed by atoms with van der Waals surface area (Å²) >= 11 is 0. The van der Waals surface area contributed by atoms with E-state index in [1.165, 1.54) is 0 Å². The number of piperidine rings is 1. The molecule has 0 spiro atoms. The van der Waals surface area contributed by atoms with Gasteiger partial charge in [0.15, 0.2) is 0 Å². The highest BCUT2D eigenvalue weighted by atomic mass is 28.2. The van der Waals surface area contributed by atoms with Crippen LogP contribution in [-0.4, -0.2) is 89.0 Å². The van der Waals surface area contributed by atoms with Crippen molar-refractivity contribution in [2.75, 3.05) is 40.1 Å². The van der Waals surface area contributed by atoms with Gasteiger partial charge in [0.1, 0.15) is 27.6 Å². The quantitative estimate of drug-likeness (QED) is 0.200. The number of para-hydroxylation sites is 1. The molecular weight excluding hydrogens is 578 g/mol. The zero-order valence-electron chi connectivity index (χ0n) is 27.7. The van der Waals surface area contributed by atoms with Gasteiger partial charge in [0, 0.05) is 17.9 Å². The van der Waals surface area contributed by atoms with Crippen LogP contribution in [0, 0.1) is 17.8 Å². The highest BCUT2D eigenvalue weighted by molar-refractivity contribution is 5.98. The molecular formula is C34H53NO8Si. The largest absolute Gasteiger partial charge is 0.496 e. The van der Waals surface area contributed by atoms with Crippen LogP contribution in [0.4, 0.5) is 4.79 Å². The fourth-order valence-electron chi connectivity index (χ4n) is 7.81. The number of benzene rings is 2. The van der Waals surface area contributed by atoms with E-state index in [0.717, 1.165) is 29.0 Å². The molecule has 246 valence electrons. The zero-order chi connectivity index (χ0) is 32.5. The number of carboxylic acid groups (broad SMARTS) is 1. The molecule has 0 aromatic heterocycles. The fraction of sp³-hybridized carbons (Fsp3) is 0.618. The lowest BCUT2D eigenvalue weighted by Crippen LogP contribution is -2.80. The van der Waals surface area contributed by atoms with Gasteiger partial charge in [0.25, 0.3) is 0 Å². The van der Waals surface area contributed by atoms with Crippen molar-refractivity contribution in [2.24, 2.45) is 17.8 Å². The van der Waals surface area contributed by atoms with E-state index in [1.807, 2.05) is 48.5 Å². The van der Waals surface area contributed by atoms with Gasteiger partial charge in [-0.1, -0.05) is 71.9 Å². The monoisotopic (exact) mass is 631 g/mol. The van der Waals surface area contributed by atoms with Crippen molar-refractivity contribution in [3.8, 4) is 11.5 Å². The summed E-state index contributed by atoms with van der Waals surface area (Å²) in [6.07, 6.45) is -0.656. The molecule has 0 saturated carbocycles. The Kier molecular flexibility index (Phi) is 13.1. The molecule has 0 unspecified atom stereocenters. The first-order chi connectivity index (χ1) is 21.0. The highest BCUT2D eigenvalue weighted by Crippen LogP contribution is 2.58. The van der Waals surface area contributed by atoms with Gasteiger partial charge < -0.3 is 33.6 Å². The summed E-state index contributed by atoms with van der Waals surface area (Å²) in [6.45, 7) is 14.2. The third kappa shape index (κ3) is 6.94. The van der Waals surface area contributed by atoms with Crippen LogP contribution in [0.15, 0.2) is 48.5 Å². The third-order valence-corrected chi connectivity index (χ3v) is 9.85. The van der Waals surface area contributed by atoms with Crippen molar-refractivity contribution in [3.63, 3.8) is 0 Å². The average molecular weight is 632 g/mol. The molecule has 2 N–H and O–H groups in total. The lowest BCUT2D eigenvalue weighted by atomic mass is 9.52. The predicted octanol–water partition coefficient (Wildman–Crippen LogP) is 4.88. The van der Waals surface area contributed by atoms with Gasteiger partial charge in [0.2, 0.25) is 0 Å². The third-order valence-electron chi connectivity index (χ3n) is 9.24. The van der Waals surface area contributed by atoms with E-state index >= 15 is 0 Å². The number of aliphatic hydroxyl groups is 1. The molecule has 9 nitrogen and oxygen atoms in total. The number of nitrogens with zero attached hydrogens (tertiary/aromatic N) is 1. The first-order valence-electron chi connectivity index (χ1n) is 15.7. The Hall–Kier alpha value is -2.63. The fourth-order valence-corrected chi connectivity index (χ4v) is 8.23. The molecule has 0 radical (unpaired) electrons. The second kappa shape index (κ2) is 16.1. The zero-order valence-corrected chi connectivity index (χ0v) is 29.7. The lowest BCUT2D eigenvalue weighted by molar-refractivity contribution is -0.253. The summed E-state index contributed by atoms with van der Waals surface area (Å²) in [7, 11) is 2.09. The molecule has 0 aliphatic carbocycles. The molecule has 10 heteroatoms. The number of amides is 1. The molecule has 1 heterocycles. The van der Waals surface area contributed by atoms with E-state index in [2.05, 4.69) is 41.5 Å². The van der Waals surface area contributed by atoms with Gasteiger partial charge in [-0.3, -0.25) is 4.90 Å². The molecule has 3 atom stereocenters. The maximum absolute atomic E-state index is 12.9. The van der Waals surface area contributed by atoms with Crippen LogP contribution in [0.5, 0.6) is 11.5 Å². The summed E-state index contributed by atoms with van der Waals surface area (Å²) in [4.78, 5) is 14.5. The summed E-state index contributed by atoms with van der Waals surface area (Å²) in [5, 5.41) is 20.5. The highest BCUT2D eigenvalue weighted by Gasteiger charge is 2.69. The second-order valence-corrected chi connectivity index (χ2v) is 12.9. The Labute approximate surface area is 266 Å². The van der Waals surface area contributed by atoms with Crippen molar-refractivity contribution in [1.29, 1.82) is 0 Å². The van der Waals surface area contributed by atoms with Crippen molar-refractivity contribution < 1.29 is 38.4 Å². The van der Waals surface area contributed by atoms with E-state index in [0.29, 0.717) is 30.3 Å². The van der Waals surface area contributed by atoms with Gasteiger partial charge in [-0.15, -0.1) is 0 Å². The van der Waals surface area contributed by atoms with Crippen molar-refractivity contribution in [3.05, 3.63) is 59.7 Å². The van der Waals surface area contributed by atoms with Crippen molar-refractivity contribution in [2.45, 2.75) is 77.7 Å². The van der Waals surface area contributed by atoms with Crippen LogP contribution in [-0.2, 0) is 20.5 Å². The molecule has 2 aromatic carbocycles. The number of hydrogen-bond donors (Lipinski definition) is 2. The number of likely N-dealkylation sites (tertiary alicyclic amines) is 1. The molecule has 2 aromatic rings. The summed E-state index contributed by atoms with van der Waals surface area (Å²) in [5.74, 6) is 1.03. The van der Waals surface area contributed by atoms with Crippen LogP contribution in [0.2, 0.25) is 0 Å². The van der Waals surface area contributed by atoms with Crippen LogP contribution >= 0.6 is 0 Å². The summed E-state index contributed by atoms with van der Waals surface area (Å²) < 4.78 is 30.3. The van der Waals surface area contributed by atoms with Crippen LogP contribution in [0.3, 0.4) is 0 Å². The van der Waals surface area contributed by atoms with Crippen LogP contribution in [0.25, 0.3) is 0 Å². The van der Waals surface area contributed by atoms with Crippen molar-refractivity contribution >= 4 is 16.6 Å². The SMILES string of the molecule is COc1ccccc1COCCCOc1ccc([C@@H]2[C@H](O[SiH3])CN(C(=O)O)C(C(C)C)(C(C)C)[C@@]2(OCCO)C(C)C)cc1. The molecule has 0 bridgehead atoms. The van der Waals surface area contributed by atoms with E-state index in [1.54, 1.807) is 12.0 Å². The first kappa shape index (κ1) is 35.8. The lowest BCUT2D eigenvalue weighted by Gasteiger charge is -2.67. The Morgan fingerprint density at radius 1 is 0.977 bits per heavy atom. The molecule has 3 rings (SSSR count). The average Bonchev–Trinajstić information content (AvgIpc) is 3.00. The molecule has 1 fully saturated rings. The van der Waals surface area contributed by atoms with Gasteiger partial charge in [-0.05, 0) is 41.5 Å². The Morgan fingerprint density at radius 3 is 2.18 bits per heavy atom. The number of carbonyl (C=O) groups is 1. The standard InChI is InChI=1S/C34H53NO8Si/c1-23(2)33(24(3)4)34(25(5)6,42-20-17-36)31(30(43-44)21-35(33)32(37)38)26-13-15-28(16-14-26)41-19-10-18-40-22-27-11-8-9-12-29(27)39-7/h8-9,11-16,23-25,30-31,36H,10,17-22H2,1-7,44H3,(H,37,38)/t30-,31-,34-/m1/s1. The minimum absolute atomic E-state index is 0.0787. The maximum Gasteiger partial charge on any atom is 0.407 e. The maximum atomic E-state index is 12.9. The molecule has 1 amide bonds. The Bertz CT molecular complexity index is 1170. The number of methoxy groups -OCH3 is 1. The van der Waals surface area contributed by atoms with Gasteiger partial charge >= 0.3 is 6.09 Å².